The predicted octanol–water partition coefficient (Wildman–Crippen LogP) is -0.505. The van der Waals surface area contributed by atoms with Gasteiger partial charge in [0.05, 0.1) is 0 Å². The molecular formula is C4H5NO4. The zero-order chi connectivity index (χ0) is 7.11. The van der Waals surface area contributed by atoms with Gasteiger partial charge in [0, 0.05) is 5.18 Å². The molecule has 5 nitrogen and oxygen atoms in total. The first kappa shape index (κ1) is 7.90. The van der Waals surface area contributed by atoms with Crippen molar-refractivity contribution in [3.63, 3.8) is 0 Å². The zero-order valence-corrected chi connectivity index (χ0v) is 4.57. The van der Waals surface area contributed by atoms with Crippen LogP contribution in [0.15, 0.2) is 5.18 Å². The van der Waals surface area contributed by atoms with Crippen LogP contribution in [0.4, 0.5) is 0 Å². The molecule has 0 radical (unpaired) electrons. The molecule has 0 aromatic rings. The monoisotopic (exact) mass is 131 g/mol. The van der Waals surface area contributed by atoms with Gasteiger partial charge in [0.25, 0.3) is 0 Å². The van der Waals surface area contributed by atoms with Gasteiger partial charge in [-0.05, 0) is 0 Å². The molecule has 0 rings (SSSR count). The fraction of sp³-hybridized carbons (Fsp3) is 0.500. The molecule has 0 unspecified atom stereocenters. The molecule has 0 fully saturated rings. The van der Waals surface area contributed by atoms with Crippen LogP contribution >= 0.6 is 0 Å². The third kappa shape index (κ3) is 4.76. The number of nitrogens with zero attached hydrogens (tertiary/aromatic N) is 1. The molecule has 0 aliphatic rings. The van der Waals surface area contributed by atoms with E-state index in [0.717, 1.165) is 0 Å². The number of rotatable bonds is 4. The van der Waals surface area contributed by atoms with Gasteiger partial charge in [-0.15, -0.1) is 4.91 Å². The van der Waals surface area contributed by atoms with Crippen LogP contribution in [0.25, 0.3) is 0 Å². The highest BCUT2D eigenvalue weighted by Gasteiger charge is 1.97. The van der Waals surface area contributed by atoms with Gasteiger partial charge < -0.3 is 9.53 Å². The minimum atomic E-state index is -0.906. The van der Waals surface area contributed by atoms with Crippen molar-refractivity contribution in [1.82, 2.24) is 0 Å². The fourth-order valence-electron chi connectivity index (χ4n) is 0.221. The van der Waals surface area contributed by atoms with E-state index < -0.39 is 12.5 Å². The summed E-state index contributed by atoms with van der Waals surface area (Å²) in [5.74, 6) is -0.906. The van der Waals surface area contributed by atoms with E-state index in [-0.39, 0.29) is 6.61 Å². The standard InChI is InChI=1S/C4H5NO4/c6-1-2-9-3-4(7)5-8/h1H,2-3H2. The lowest BCUT2D eigenvalue weighted by Crippen LogP contribution is -2.06. The summed E-state index contributed by atoms with van der Waals surface area (Å²) in [7, 11) is 0. The minimum absolute atomic E-state index is 0.179. The number of amides is 1. The SMILES string of the molecule is O=CCOCC(=O)N=O. The molecule has 0 atom stereocenters. The van der Waals surface area contributed by atoms with Crippen LogP contribution in [-0.4, -0.2) is 25.4 Å². The van der Waals surface area contributed by atoms with Gasteiger partial charge in [-0.2, -0.15) is 0 Å². The van der Waals surface area contributed by atoms with Crippen LogP contribution < -0.4 is 0 Å². The molecular weight excluding hydrogens is 126 g/mol. The van der Waals surface area contributed by atoms with E-state index in [9.17, 15) is 14.5 Å². The van der Waals surface area contributed by atoms with E-state index in [1.165, 1.54) is 0 Å². The predicted molar refractivity (Wildman–Crippen MR) is 27.7 cm³/mol. The first-order chi connectivity index (χ1) is 4.31. The van der Waals surface area contributed by atoms with Crippen LogP contribution in [0.3, 0.4) is 0 Å². The van der Waals surface area contributed by atoms with Crippen molar-refractivity contribution < 1.29 is 14.3 Å². The van der Waals surface area contributed by atoms with Crippen molar-refractivity contribution in [1.29, 1.82) is 0 Å². The molecule has 0 aromatic heterocycles. The van der Waals surface area contributed by atoms with E-state index in [0.29, 0.717) is 6.29 Å². The molecule has 0 aromatic carbocycles. The van der Waals surface area contributed by atoms with Crippen molar-refractivity contribution in [2.75, 3.05) is 13.2 Å². The summed E-state index contributed by atoms with van der Waals surface area (Å²) in [6.45, 7) is -0.594. The van der Waals surface area contributed by atoms with Crippen molar-refractivity contribution in [2.24, 2.45) is 5.18 Å². The molecule has 0 bridgehead atoms. The highest BCUT2D eigenvalue weighted by Crippen LogP contribution is 1.75. The smallest absolute Gasteiger partial charge is 0.311 e. The second-order valence-corrected chi connectivity index (χ2v) is 1.17. The molecule has 0 N–H and O–H groups in total. The first-order valence-electron chi connectivity index (χ1n) is 2.19. The van der Waals surface area contributed by atoms with Gasteiger partial charge in [0.15, 0.2) is 0 Å². The van der Waals surface area contributed by atoms with Gasteiger partial charge in [0.1, 0.15) is 19.5 Å². The lowest BCUT2D eigenvalue weighted by atomic mass is 10.7. The lowest BCUT2D eigenvalue weighted by Gasteiger charge is -1.89. The Kier molecular flexibility index (Phi) is 4.43. The number of carbonyl (C=O) groups excluding carboxylic acids is 2. The third-order valence-electron chi connectivity index (χ3n) is 0.513. The maximum atomic E-state index is 9.97. The Labute approximate surface area is 51.0 Å². The third-order valence-corrected chi connectivity index (χ3v) is 0.513. The largest absolute Gasteiger partial charge is 0.364 e. The molecule has 9 heavy (non-hydrogen) atoms. The van der Waals surface area contributed by atoms with Crippen molar-refractivity contribution in [2.45, 2.75) is 0 Å². The van der Waals surface area contributed by atoms with Crippen LogP contribution in [0.1, 0.15) is 0 Å². The Hall–Kier alpha value is -1.10. The fourth-order valence-corrected chi connectivity index (χ4v) is 0.221. The molecule has 0 heterocycles. The summed E-state index contributed by atoms with van der Waals surface area (Å²) in [6, 6.07) is 0. The molecule has 0 aliphatic carbocycles. The zero-order valence-electron chi connectivity index (χ0n) is 4.57. The van der Waals surface area contributed by atoms with Crippen LogP contribution in [-0.2, 0) is 14.3 Å². The molecule has 1 amide bonds. The summed E-state index contributed by atoms with van der Waals surface area (Å²) < 4.78 is 4.32. The molecule has 0 saturated heterocycles. The summed E-state index contributed by atoms with van der Waals surface area (Å²) in [5, 5.41) is 2.03. The van der Waals surface area contributed by atoms with Gasteiger partial charge >= 0.3 is 5.91 Å². The van der Waals surface area contributed by atoms with Gasteiger partial charge in [-0.3, -0.25) is 4.79 Å². The second-order valence-electron chi connectivity index (χ2n) is 1.17. The van der Waals surface area contributed by atoms with E-state index in [2.05, 4.69) is 4.74 Å². The quantitative estimate of drug-likeness (QED) is 0.292. The average Bonchev–Trinajstić information content (AvgIpc) is 1.89. The van der Waals surface area contributed by atoms with E-state index >= 15 is 0 Å². The summed E-state index contributed by atoms with van der Waals surface area (Å²) in [5.41, 5.74) is 0. The number of aldehydes is 1. The first-order valence-corrected chi connectivity index (χ1v) is 2.19. The number of hydrogen-bond donors (Lipinski definition) is 0. The topological polar surface area (TPSA) is 72.8 Å². The van der Waals surface area contributed by atoms with Crippen molar-refractivity contribution >= 4 is 12.2 Å². The maximum absolute atomic E-state index is 9.97. The van der Waals surface area contributed by atoms with Gasteiger partial charge in [-0.1, -0.05) is 0 Å². The van der Waals surface area contributed by atoms with E-state index in [4.69, 9.17) is 0 Å². The molecule has 0 spiro atoms. The molecule has 5 heteroatoms. The van der Waals surface area contributed by atoms with Gasteiger partial charge in [0.2, 0.25) is 0 Å². The normalized spacial score (nSPS) is 8.44. The summed E-state index contributed by atoms with van der Waals surface area (Å²) >= 11 is 0. The minimum Gasteiger partial charge on any atom is -0.364 e. The van der Waals surface area contributed by atoms with Crippen LogP contribution in [0.2, 0.25) is 0 Å². The number of carbonyl (C=O) groups is 2. The summed E-state index contributed by atoms with van der Waals surface area (Å²) in [6.07, 6.45) is 0.484. The Morgan fingerprint density at radius 3 is 2.78 bits per heavy atom. The number of hydrogen-bond acceptors (Lipinski definition) is 4. The number of ether oxygens (including phenoxy) is 1. The summed E-state index contributed by atoms with van der Waals surface area (Å²) in [4.78, 5) is 28.8. The van der Waals surface area contributed by atoms with E-state index in [1.54, 1.807) is 0 Å². The highest BCUT2D eigenvalue weighted by atomic mass is 16.5. The van der Waals surface area contributed by atoms with Crippen LogP contribution in [0, 0.1) is 4.91 Å². The van der Waals surface area contributed by atoms with Crippen molar-refractivity contribution in [3.05, 3.63) is 4.91 Å². The second kappa shape index (κ2) is 5.04. The Balaban J connectivity index is 3.16. The maximum Gasteiger partial charge on any atom is 0.311 e. The highest BCUT2D eigenvalue weighted by molar-refractivity contribution is 5.77. The average molecular weight is 131 g/mol. The Bertz CT molecular complexity index is 122. The Morgan fingerprint density at radius 1 is 1.67 bits per heavy atom. The molecule has 0 aliphatic heterocycles. The molecule has 50 valence electrons. The van der Waals surface area contributed by atoms with Gasteiger partial charge in [-0.25, -0.2) is 0 Å². The Morgan fingerprint density at radius 2 is 2.33 bits per heavy atom. The number of nitroso groups, excluding NO2 is 1. The van der Waals surface area contributed by atoms with Crippen LogP contribution in [0.5, 0.6) is 0 Å². The van der Waals surface area contributed by atoms with E-state index in [1.807, 2.05) is 5.18 Å². The molecule has 0 saturated carbocycles. The van der Waals surface area contributed by atoms with Crippen molar-refractivity contribution in [3.8, 4) is 0 Å². The lowest BCUT2D eigenvalue weighted by molar-refractivity contribution is -0.123.